The highest BCUT2D eigenvalue weighted by Gasteiger charge is 2.19. The van der Waals surface area contributed by atoms with E-state index in [-0.39, 0.29) is 6.10 Å². The molecule has 1 rings (SSSR count). The Morgan fingerprint density at radius 2 is 2.29 bits per heavy atom. The lowest BCUT2D eigenvalue weighted by molar-refractivity contribution is -0.138. The Morgan fingerprint density at radius 3 is 2.88 bits per heavy atom. The number of carbonyl (C=O) groups excluding carboxylic acids is 1. The minimum Gasteiger partial charge on any atom is -0.480 e. The van der Waals surface area contributed by atoms with Gasteiger partial charge in [0.05, 0.1) is 12.7 Å². The third kappa shape index (κ3) is 5.01. The summed E-state index contributed by atoms with van der Waals surface area (Å²) in [7, 11) is 1.99. The lowest BCUT2D eigenvalue weighted by Gasteiger charge is -2.30. The second kappa shape index (κ2) is 6.41. The second-order valence-corrected chi connectivity index (χ2v) is 4.17. The number of morpholine rings is 1. The fourth-order valence-electron chi connectivity index (χ4n) is 1.51. The van der Waals surface area contributed by atoms with E-state index in [0.717, 1.165) is 13.1 Å². The van der Waals surface area contributed by atoms with Gasteiger partial charge in [-0.1, -0.05) is 0 Å². The molecule has 0 bridgehead atoms. The Labute approximate surface area is 100 Å². The fourth-order valence-corrected chi connectivity index (χ4v) is 1.51. The zero-order chi connectivity index (χ0) is 12.8. The third-order valence-corrected chi connectivity index (χ3v) is 2.55. The maximum Gasteiger partial charge on any atom is 0.325 e. The number of nitrogens with one attached hydrogen (secondary N) is 2. The number of carboxylic acid groups (broad SMARTS) is 1. The van der Waals surface area contributed by atoms with Gasteiger partial charge >= 0.3 is 12.0 Å². The van der Waals surface area contributed by atoms with Crippen molar-refractivity contribution >= 4 is 12.0 Å². The molecule has 1 fully saturated rings. The van der Waals surface area contributed by atoms with Crippen molar-refractivity contribution in [2.75, 3.05) is 33.3 Å². The van der Waals surface area contributed by atoms with Gasteiger partial charge in [0.15, 0.2) is 0 Å². The Balaban J connectivity index is 2.21. The molecule has 1 saturated heterocycles. The Bertz CT molecular complexity index is 285. The number of ether oxygens (including phenoxy) is 1. The molecule has 17 heavy (non-hydrogen) atoms. The predicted molar refractivity (Wildman–Crippen MR) is 60.9 cm³/mol. The maximum atomic E-state index is 11.3. The molecule has 0 saturated carbocycles. The molecule has 0 aromatic carbocycles. The molecule has 0 radical (unpaired) electrons. The molecular weight excluding hydrogens is 226 g/mol. The minimum absolute atomic E-state index is 0.0420. The molecule has 0 spiro atoms. The number of nitrogens with zero attached hydrogens (tertiary/aromatic N) is 1. The SMILES string of the molecule is CC(NC(=O)NCC1CN(C)CCO1)C(=O)O. The molecule has 0 aromatic heterocycles. The number of aliphatic carboxylic acids is 1. The van der Waals surface area contributed by atoms with E-state index in [0.29, 0.717) is 13.2 Å². The van der Waals surface area contributed by atoms with Crippen molar-refractivity contribution < 1.29 is 19.4 Å². The van der Waals surface area contributed by atoms with E-state index < -0.39 is 18.0 Å². The van der Waals surface area contributed by atoms with Gasteiger partial charge in [-0.15, -0.1) is 0 Å². The van der Waals surface area contributed by atoms with Crippen molar-refractivity contribution in [3.05, 3.63) is 0 Å². The van der Waals surface area contributed by atoms with E-state index >= 15 is 0 Å². The van der Waals surface area contributed by atoms with Crippen LogP contribution >= 0.6 is 0 Å². The van der Waals surface area contributed by atoms with Crippen LogP contribution < -0.4 is 10.6 Å². The summed E-state index contributed by atoms with van der Waals surface area (Å²) < 4.78 is 5.45. The number of hydrogen-bond donors (Lipinski definition) is 3. The van der Waals surface area contributed by atoms with E-state index in [1.54, 1.807) is 0 Å². The molecule has 1 aliphatic heterocycles. The highest BCUT2D eigenvalue weighted by Crippen LogP contribution is 2.01. The fraction of sp³-hybridized carbons (Fsp3) is 0.800. The van der Waals surface area contributed by atoms with Crippen molar-refractivity contribution in [2.24, 2.45) is 0 Å². The van der Waals surface area contributed by atoms with Crippen molar-refractivity contribution in [3.8, 4) is 0 Å². The average Bonchev–Trinajstić information content (AvgIpc) is 2.26. The summed E-state index contributed by atoms with van der Waals surface area (Å²) >= 11 is 0. The largest absolute Gasteiger partial charge is 0.480 e. The number of carboxylic acids is 1. The molecule has 2 atom stereocenters. The van der Waals surface area contributed by atoms with Crippen LogP contribution in [0.4, 0.5) is 4.79 Å². The Morgan fingerprint density at radius 1 is 1.59 bits per heavy atom. The van der Waals surface area contributed by atoms with Crippen LogP contribution in [0.1, 0.15) is 6.92 Å². The van der Waals surface area contributed by atoms with Gasteiger partial charge in [-0.2, -0.15) is 0 Å². The first kappa shape index (κ1) is 13.7. The first-order valence-corrected chi connectivity index (χ1v) is 5.56. The van der Waals surface area contributed by atoms with E-state index in [1.807, 2.05) is 7.05 Å². The van der Waals surface area contributed by atoms with E-state index in [4.69, 9.17) is 9.84 Å². The zero-order valence-corrected chi connectivity index (χ0v) is 10.1. The topological polar surface area (TPSA) is 90.9 Å². The van der Waals surface area contributed by atoms with Gasteiger partial charge in [0.2, 0.25) is 0 Å². The number of amides is 2. The molecule has 1 heterocycles. The van der Waals surface area contributed by atoms with Crippen molar-refractivity contribution in [2.45, 2.75) is 19.1 Å². The Hall–Kier alpha value is -1.34. The lowest BCUT2D eigenvalue weighted by Crippen LogP contribution is -2.50. The number of likely N-dealkylation sites (N-methyl/N-ethyl adjacent to an activating group) is 1. The summed E-state index contributed by atoms with van der Waals surface area (Å²) in [6.45, 7) is 4.08. The van der Waals surface area contributed by atoms with Gasteiger partial charge in [-0.3, -0.25) is 4.79 Å². The zero-order valence-electron chi connectivity index (χ0n) is 10.1. The van der Waals surface area contributed by atoms with Gasteiger partial charge in [0.1, 0.15) is 6.04 Å². The van der Waals surface area contributed by atoms with Crippen LogP contribution in [0.5, 0.6) is 0 Å². The standard InChI is InChI=1S/C10H19N3O4/c1-7(9(14)15)12-10(16)11-5-8-6-13(2)3-4-17-8/h7-8H,3-6H2,1-2H3,(H,14,15)(H2,11,12,16). The first-order valence-electron chi connectivity index (χ1n) is 5.56. The summed E-state index contributed by atoms with van der Waals surface area (Å²) in [4.78, 5) is 24.0. The molecule has 3 N–H and O–H groups in total. The van der Waals surface area contributed by atoms with Crippen LogP contribution in [0.3, 0.4) is 0 Å². The molecular formula is C10H19N3O4. The summed E-state index contributed by atoms with van der Waals surface area (Å²) in [5.41, 5.74) is 0. The highest BCUT2D eigenvalue weighted by atomic mass is 16.5. The average molecular weight is 245 g/mol. The van der Waals surface area contributed by atoms with Crippen LogP contribution in [0, 0.1) is 0 Å². The third-order valence-electron chi connectivity index (χ3n) is 2.55. The number of hydrogen-bond acceptors (Lipinski definition) is 4. The van der Waals surface area contributed by atoms with Crippen LogP contribution in [-0.2, 0) is 9.53 Å². The Kier molecular flexibility index (Phi) is 5.17. The van der Waals surface area contributed by atoms with E-state index in [2.05, 4.69) is 15.5 Å². The second-order valence-electron chi connectivity index (χ2n) is 4.17. The number of rotatable bonds is 4. The summed E-state index contributed by atoms with van der Waals surface area (Å²) in [6, 6.07) is -1.39. The number of carbonyl (C=O) groups is 2. The normalized spacial score (nSPS) is 22.8. The van der Waals surface area contributed by atoms with Gasteiger partial charge < -0.3 is 25.4 Å². The summed E-state index contributed by atoms with van der Waals surface area (Å²) in [5.74, 6) is -1.06. The summed E-state index contributed by atoms with van der Waals surface area (Å²) in [5, 5.41) is 13.5. The maximum absolute atomic E-state index is 11.3. The van der Waals surface area contributed by atoms with Crippen LogP contribution in [0.2, 0.25) is 0 Å². The lowest BCUT2D eigenvalue weighted by atomic mass is 10.3. The first-order chi connectivity index (χ1) is 7.99. The molecule has 1 aliphatic rings. The molecule has 0 aliphatic carbocycles. The monoisotopic (exact) mass is 245 g/mol. The van der Waals surface area contributed by atoms with Crippen LogP contribution in [-0.4, -0.2) is 67.4 Å². The molecule has 0 aromatic rings. The molecule has 2 unspecified atom stereocenters. The molecule has 2 amide bonds. The van der Waals surface area contributed by atoms with E-state index in [9.17, 15) is 9.59 Å². The van der Waals surface area contributed by atoms with Gasteiger partial charge in [0.25, 0.3) is 0 Å². The highest BCUT2D eigenvalue weighted by molar-refractivity contribution is 5.82. The smallest absolute Gasteiger partial charge is 0.325 e. The van der Waals surface area contributed by atoms with Gasteiger partial charge in [-0.25, -0.2) is 4.79 Å². The molecule has 98 valence electrons. The van der Waals surface area contributed by atoms with Crippen LogP contribution in [0.25, 0.3) is 0 Å². The van der Waals surface area contributed by atoms with E-state index in [1.165, 1.54) is 6.92 Å². The quantitative estimate of drug-likeness (QED) is 0.596. The van der Waals surface area contributed by atoms with Crippen molar-refractivity contribution in [1.29, 1.82) is 0 Å². The van der Waals surface area contributed by atoms with Crippen molar-refractivity contribution in [1.82, 2.24) is 15.5 Å². The molecule has 7 nitrogen and oxygen atoms in total. The molecule has 7 heteroatoms. The summed E-state index contributed by atoms with van der Waals surface area (Å²) in [6.07, 6.45) is -0.0420. The van der Waals surface area contributed by atoms with Crippen molar-refractivity contribution in [3.63, 3.8) is 0 Å². The van der Waals surface area contributed by atoms with Crippen LogP contribution in [0.15, 0.2) is 0 Å². The number of urea groups is 1. The predicted octanol–water partition coefficient (Wildman–Crippen LogP) is -0.911. The van der Waals surface area contributed by atoms with Gasteiger partial charge in [0, 0.05) is 19.6 Å². The van der Waals surface area contributed by atoms with Gasteiger partial charge in [-0.05, 0) is 14.0 Å². The minimum atomic E-state index is -1.06.